The monoisotopic (exact) mass is 365 g/mol. The van der Waals surface area contributed by atoms with Crippen LogP contribution in [0.25, 0.3) is 0 Å². The Kier molecular flexibility index (Phi) is 5.47. The number of benzene rings is 1. The van der Waals surface area contributed by atoms with Crippen molar-refractivity contribution in [3.8, 4) is 0 Å². The van der Waals surface area contributed by atoms with Crippen LogP contribution in [0, 0.1) is 0 Å². The van der Waals surface area contributed by atoms with E-state index in [-0.39, 0.29) is 0 Å². The third kappa shape index (κ3) is 4.39. The molecule has 0 amide bonds. The third-order valence-corrected chi connectivity index (χ3v) is 5.70. The van der Waals surface area contributed by atoms with Crippen molar-refractivity contribution >= 4 is 27.3 Å². The standard InChI is InChI=1S/C17H20BrNOS/c18-16-8-10-21-17(16)13-19(12-15-7-4-9-20-15)11-14-5-2-1-3-6-14/h1-3,5-6,8,10,15H,4,7,9,11-13H2. The molecular weight excluding hydrogens is 346 g/mol. The van der Waals surface area contributed by atoms with Gasteiger partial charge >= 0.3 is 0 Å². The Morgan fingerprint density at radius 3 is 2.71 bits per heavy atom. The first-order valence-electron chi connectivity index (χ1n) is 7.41. The molecule has 0 aliphatic carbocycles. The molecule has 0 spiro atoms. The lowest BCUT2D eigenvalue weighted by atomic mass is 10.2. The summed E-state index contributed by atoms with van der Waals surface area (Å²) in [7, 11) is 0. The molecule has 1 aliphatic rings. The van der Waals surface area contributed by atoms with Crippen LogP contribution < -0.4 is 0 Å². The lowest BCUT2D eigenvalue weighted by Gasteiger charge is -2.25. The average Bonchev–Trinajstić information content (AvgIpc) is 3.13. The van der Waals surface area contributed by atoms with Crippen LogP contribution in [-0.4, -0.2) is 24.2 Å². The van der Waals surface area contributed by atoms with E-state index in [0.717, 1.165) is 26.2 Å². The molecule has 1 aromatic heterocycles. The Morgan fingerprint density at radius 2 is 2.05 bits per heavy atom. The molecule has 1 unspecified atom stereocenters. The molecule has 2 aromatic rings. The van der Waals surface area contributed by atoms with Gasteiger partial charge in [0.05, 0.1) is 6.10 Å². The minimum Gasteiger partial charge on any atom is -0.377 e. The molecule has 2 nitrogen and oxygen atoms in total. The van der Waals surface area contributed by atoms with Crippen molar-refractivity contribution in [3.05, 3.63) is 56.7 Å². The highest BCUT2D eigenvalue weighted by atomic mass is 79.9. The molecule has 0 N–H and O–H groups in total. The van der Waals surface area contributed by atoms with E-state index >= 15 is 0 Å². The van der Waals surface area contributed by atoms with Crippen LogP contribution in [0.2, 0.25) is 0 Å². The van der Waals surface area contributed by atoms with Crippen molar-refractivity contribution < 1.29 is 4.74 Å². The highest BCUT2D eigenvalue weighted by molar-refractivity contribution is 9.10. The lowest BCUT2D eigenvalue weighted by Crippen LogP contribution is -2.31. The van der Waals surface area contributed by atoms with Gasteiger partial charge in [0.2, 0.25) is 0 Å². The van der Waals surface area contributed by atoms with Crippen LogP contribution in [-0.2, 0) is 17.8 Å². The maximum Gasteiger partial charge on any atom is 0.0703 e. The van der Waals surface area contributed by atoms with Gasteiger partial charge in [-0.2, -0.15) is 0 Å². The lowest BCUT2D eigenvalue weighted by molar-refractivity contribution is 0.0682. The molecule has 1 atom stereocenters. The molecule has 0 saturated carbocycles. The molecule has 1 saturated heterocycles. The summed E-state index contributed by atoms with van der Waals surface area (Å²) in [4.78, 5) is 3.89. The summed E-state index contributed by atoms with van der Waals surface area (Å²) in [6, 6.07) is 12.8. The van der Waals surface area contributed by atoms with E-state index in [1.54, 1.807) is 0 Å². The van der Waals surface area contributed by atoms with E-state index in [2.05, 4.69) is 62.6 Å². The number of halogens is 1. The first-order valence-corrected chi connectivity index (χ1v) is 9.08. The van der Waals surface area contributed by atoms with Gasteiger partial charge in [-0.05, 0) is 45.8 Å². The van der Waals surface area contributed by atoms with Crippen molar-refractivity contribution in [2.24, 2.45) is 0 Å². The van der Waals surface area contributed by atoms with Gasteiger partial charge in [0.1, 0.15) is 0 Å². The van der Waals surface area contributed by atoms with Crippen LogP contribution in [0.5, 0.6) is 0 Å². The fourth-order valence-corrected chi connectivity index (χ4v) is 4.26. The van der Waals surface area contributed by atoms with Crippen molar-refractivity contribution in [1.29, 1.82) is 0 Å². The third-order valence-electron chi connectivity index (χ3n) is 3.79. The molecule has 112 valence electrons. The van der Waals surface area contributed by atoms with Gasteiger partial charge in [0, 0.05) is 35.6 Å². The van der Waals surface area contributed by atoms with Crippen LogP contribution in [0.3, 0.4) is 0 Å². The second-order valence-electron chi connectivity index (χ2n) is 5.48. The summed E-state index contributed by atoms with van der Waals surface area (Å²) >= 11 is 5.46. The van der Waals surface area contributed by atoms with E-state index in [4.69, 9.17) is 4.74 Å². The molecule has 1 aliphatic heterocycles. The zero-order chi connectivity index (χ0) is 14.5. The van der Waals surface area contributed by atoms with Crippen LogP contribution in [0.15, 0.2) is 46.3 Å². The quantitative estimate of drug-likeness (QED) is 0.735. The largest absolute Gasteiger partial charge is 0.377 e. The molecule has 21 heavy (non-hydrogen) atoms. The normalized spacial score (nSPS) is 18.5. The summed E-state index contributed by atoms with van der Waals surface area (Å²) < 4.78 is 7.04. The van der Waals surface area contributed by atoms with Crippen molar-refractivity contribution in [1.82, 2.24) is 4.90 Å². The summed E-state index contributed by atoms with van der Waals surface area (Å²) in [5.74, 6) is 0. The zero-order valence-electron chi connectivity index (χ0n) is 12.0. The van der Waals surface area contributed by atoms with Crippen molar-refractivity contribution in [2.45, 2.75) is 32.0 Å². The summed E-state index contributed by atoms with van der Waals surface area (Å²) in [6.07, 6.45) is 2.79. The SMILES string of the molecule is Brc1ccsc1CN(Cc1ccccc1)CC1CCCO1. The van der Waals surface area contributed by atoms with Gasteiger partial charge in [-0.3, -0.25) is 4.90 Å². The smallest absolute Gasteiger partial charge is 0.0703 e. The van der Waals surface area contributed by atoms with Gasteiger partial charge in [0.25, 0.3) is 0 Å². The summed E-state index contributed by atoms with van der Waals surface area (Å²) in [5, 5.41) is 2.15. The van der Waals surface area contributed by atoms with Gasteiger partial charge < -0.3 is 4.74 Å². The topological polar surface area (TPSA) is 12.5 Å². The second-order valence-corrected chi connectivity index (χ2v) is 7.34. The molecule has 4 heteroatoms. The molecule has 2 heterocycles. The highest BCUT2D eigenvalue weighted by Gasteiger charge is 2.20. The van der Waals surface area contributed by atoms with Crippen molar-refractivity contribution in [3.63, 3.8) is 0 Å². The van der Waals surface area contributed by atoms with Crippen molar-refractivity contribution in [2.75, 3.05) is 13.2 Å². The van der Waals surface area contributed by atoms with E-state index in [1.165, 1.54) is 27.8 Å². The van der Waals surface area contributed by atoms with E-state index in [1.807, 2.05) is 11.3 Å². The molecule has 3 rings (SSSR count). The molecule has 1 aromatic carbocycles. The fraction of sp³-hybridized carbons (Fsp3) is 0.412. The van der Waals surface area contributed by atoms with Crippen LogP contribution in [0.4, 0.5) is 0 Å². The second kappa shape index (κ2) is 7.54. The Hall–Kier alpha value is -0.680. The van der Waals surface area contributed by atoms with Gasteiger partial charge in [-0.15, -0.1) is 11.3 Å². The number of ether oxygens (including phenoxy) is 1. The Morgan fingerprint density at radius 1 is 1.19 bits per heavy atom. The Labute approximate surface area is 138 Å². The van der Waals surface area contributed by atoms with Gasteiger partial charge in [-0.25, -0.2) is 0 Å². The highest BCUT2D eigenvalue weighted by Crippen LogP contribution is 2.25. The minimum absolute atomic E-state index is 0.396. The van der Waals surface area contributed by atoms with Gasteiger partial charge in [-0.1, -0.05) is 30.3 Å². The molecule has 1 fully saturated rings. The molecule has 0 radical (unpaired) electrons. The maximum absolute atomic E-state index is 5.82. The predicted molar refractivity (Wildman–Crippen MR) is 91.5 cm³/mol. The number of hydrogen-bond donors (Lipinski definition) is 0. The van der Waals surface area contributed by atoms with Crippen LogP contribution in [0.1, 0.15) is 23.3 Å². The minimum atomic E-state index is 0.396. The summed E-state index contributed by atoms with van der Waals surface area (Å²) in [6.45, 7) is 3.89. The van der Waals surface area contributed by atoms with E-state index in [0.29, 0.717) is 6.10 Å². The van der Waals surface area contributed by atoms with Crippen LogP contribution >= 0.6 is 27.3 Å². The fourth-order valence-electron chi connectivity index (χ4n) is 2.74. The average molecular weight is 366 g/mol. The number of rotatable bonds is 6. The Balaban J connectivity index is 1.69. The van der Waals surface area contributed by atoms with Gasteiger partial charge in [0.15, 0.2) is 0 Å². The number of nitrogens with zero attached hydrogens (tertiary/aromatic N) is 1. The van der Waals surface area contributed by atoms with E-state index in [9.17, 15) is 0 Å². The first kappa shape index (κ1) is 15.2. The maximum atomic E-state index is 5.82. The molecule has 0 bridgehead atoms. The molecular formula is C17H20BrNOS. The predicted octanol–water partition coefficient (Wildman–Crippen LogP) is 4.69. The Bertz CT molecular complexity index is 551. The summed E-state index contributed by atoms with van der Waals surface area (Å²) in [5.41, 5.74) is 1.36. The number of thiophene rings is 1. The van der Waals surface area contributed by atoms with E-state index < -0.39 is 0 Å². The zero-order valence-corrected chi connectivity index (χ0v) is 14.4. The number of hydrogen-bond acceptors (Lipinski definition) is 3. The first-order chi connectivity index (χ1) is 10.3.